The number of hydrogen-bond acceptors (Lipinski definition) is 2. The molecule has 0 amide bonds. The van der Waals surface area contributed by atoms with Crippen LogP contribution in [0.5, 0.6) is 0 Å². The van der Waals surface area contributed by atoms with Gasteiger partial charge in [-0.25, -0.2) is 8.42 Å². The molecule has 0 fully saturated rings. The van der Waals surface area contributed by atoms with Gasteiger partial charge in [-0.1, -0.05) is 60.7 Å². The lowest BCUT2D eigenvalue weighted by Crippen LogP contribution is -2.14. The average Bonchev–Trinajstić information content (AvgIpc) is 2.59. The summed E-state index contributed by atoms with van der Waals surface area (Å²) in [6.07, 6.45) is 0. The Balaban J connectivity index is 1.91. The highest BCUT2D eigenvalue weighted by atomic mass is 32.2. The first-order valence-electron chi connectivity index (χ1n) is 7.72. The van der Waals surface area contributed by atoms with Crippen LogP contribution in [0.3, 0.4) is 0 Å². The Labute approximate surface area is 143 Å². The molecule has 3 aromatic carbocycles. The Morgan fingerprint density at radius 1 is 0.667 bits per heavy atom. The molecular weight excluding hydrogens is 318 g/mol. The zero-order chi connectivity index (χ0) is 17.2. The largest absolute Gasteiger partial charge is 0.279 e. The van der Waals surface area contributed by atoms with Crippen LogP contribution in [0.4, 0.5) is 5.69 Å². The van der Waals surface area contributed by atoms with Gasteiger partial charge < -0.3 is 0 Å². The van der Waals surface area contributed by atoms with Crippen molar-refractivity contribution in [3.63, 3.8) is 0 Å². The van der Waals surface area contributed by atoms with E-state index >= 15 is 0 Å². The van der Waals surface area contributed by atoms with Crippen LogP contribution < -0.4 is 4.72 Å². The minimum Gasteiger partial charge on any atom is -0.279 e. The lowest BCUT2D eigenvalue weighted by Gasteiger charge is -2.13. The van der Waals surface area contributed by atoms with Crippen LogP contribution in [-0.4, -0.2) is 8.42 Å². The molecule has 0 aliphatic rings. The second-order valence-corrected chi connectivity index (χ2v) is 7.45. The van der Waals surface area contributed by atoms with Gasteiger partial charge in [-0.3, -0.25) is 4.72 Å². The molecule has 24 heavy (non-hydrogen) atoms. The van der Waals surface area contributed by atoms with Gasteiger partial charge in [0.1, 0.15) is 0 Å². The van der Waals surface area contributed by atoms with Gasteiger partial charge in [0.05, 0.1) is 10.6 Å². The highest BCUT2D eigenvalue weighted by Gasteiger charge is 2.16. The van der Waals surface area contributed by atoms with Crippen molar-refractivity contribution < 1.29 is 8.42 Å². The van der Waals surface area contributed by atoms with Gasteiger partial charge in [-0.05, 0) is 48.2 Å². The summed E-state index contributed by atoms with van der Waals surface area (Å²) in [5.41, 5.74) is 4.49. The van der Waals surface area contributed by atoms with Gasteiger partial charge in [-0.2, -0.15) is 0 Å². The summed E-state index contributed by atoms with van der Waals surface area (Å²) in [4.78, 5) is 0.254. The topological polar surface area (TPSA) is 46.2 Å². The standard InChI is InChI=1S/C20H19NO2S/c1-15-7-6-8-16(2)20(15)21-24(22,23)19-13-11-18(12-14-19)17-9-4-3-5-10-17/h3-14,21H,1-2H3. The summed E-state index contributed by atoms with van der Waals surface area (Å²) < 4.78 is 28.0. The van der Waals surface area contributed by atoms with Crippen molar-refractivity contribution in [3.05, 3.63) is 83.9 Å². The molecule has 0 spiro atoms. The fourth-order valence-corrected chi connectivity index (χ4v) is 3.83. The fraction of sp³-hybridized carbons (Fsp3) is 0.100. The average molecular weight is 337 g/mol. The highest BCUT2D eigenvalue weighted by Crippen LogP contribution is 2.25. The first kappa shape index (κ1) is 16.3. The van der Waals surface area contributed by atoms with E-state index in [-0.39, 0.29) is 4.90 Å². The Morgan fingerprint density at radius 2 is 1.21 bits per heavy atom. The van der Waals surface area contributed by atoms with Crippen LogP contribution >= 0.6 is 0 Å². The maximum absolute atomic E-state index is 12.6. The summed E-state index contributed by atoms with van der Waals surface area (Å²) in [7, 11) is -3.61. The van der Waals surface area contributed by atoms with Gasteiger partial charge in [0.2, 0.25) is 0 Å². The molecule has 0 radical (unpaired) electrons. The van der Waals surface area contributed by atoms with E-state index in [1.54, 1.807) is 12.1 Å². The van der Waals surface area contributed by atoms with Crippen molar-refractivity contribution in [2.45, 2.75) is 18.7 Å². The van der Waals surface area contributed by atoms with Crippen molar-refractivity contribution in [2.75, 3.05) is 4.72 Å². The molecule has 0 saturated heterocycles. The fourth-order valence-electron chi connectivity index (χ4n) is 2.63. The number of aryl methyl sites for hydroxylation is 2. The lowest BCUT2D eigenvalue weighted by molar-refractivity contribution is 0.601. The molecule has 3 nitrogen and oxygen atoms in total. The summed E-state index contributed by atoms with van der Waals surface area (Å²) in [5.74, 6) is 0. The van der Waals surface area contributed by atoms with Crippen LogP contribution in [0.1, 0.15) is 11.1 Å². The molecular formula is C20H19NO2S. The van der Waals surface area contributed by atoms with Gasteiger partial charge in [-0.15, -0.1) is 0 Å². The minimum absolute atomic E-state index is 0.254. The highest BCUT2D eigenvalue weighted by molar-refractivity contribution is 7.92. The van der Waals surface area contributed by atoms with E-state index in [0.29, 0.717) is 5.69 Å². The number of para-hydroxylation sites is 1. The number of benzene rings is 3. The summed E-state index contributed by atoms with van der Waals surface area (Å²) >= 11 is 0. The number of anilines is 1. The number of hydrogen-bond donors (Lipinski definition) is 1. The maximum Gasteiger partial charge on any atom is 0.261 e. The second-order valence-electron chi connectivity index (χ2n) is 5.76. The van der Waals surface area contributed by atoms with E-state index in [2.05, 4.69) is 4.72 Å². The smallest absolute Gasteiger partial charge is 0.261 e. The van der Waals surface area contributed by atoms with E-state index in [4.69, 9.17) is 0 Å². The van der Waals surface area contributed by atoms with Gasteiger partial charge in [0.25, 0.3) is 10.0 Å². The minimum atomic E-state index is -3.61. The molecule has 0 aliphatic heterocycles. The van der Waals surface area contributed by atoms with E-state index in [1.807, 2.05) is 74.5 Å². The van der Waals surface area contributed by atoms with Crippen LogP contribution in [-0.2, 0) is 10.0 Å². The normalized spacial score (nSPS) is 11.2. The van der Waals surface area contributed by atoms with E-state index in [9.17, 15) is 8.42 Å². The zero-order valence-electron chi connectivity index (χ0n) is 13.7. The molecule has 0 aromatic heterocycles. The second kappa shape index (κ2) is 6.49. The lowest BCUT2D eigenvalue weighted by atomic mass is 10.1. The van der Waals surface area contributed by atoms with Gasteiger partial charge in [0.15, 0.2) is 0 Å². The van der Waals surface area contributed by atoms with Crippen molar-refractivity contribution >= 4 is 15.7 Å². The number of nitrogens with one attached hydrogen (secondary N) is 1. The van der Waals surface area contributed by atoms with Crippen molar-refractivity contribution in [2.24, 2.45) is 0 Å². The maximum atomic E-state index is 12.6. The Kier molecular flexibility index (Phi) is 4.40. The van der Waals surface area contributed by atoms with Crippen molar-refractivity contribution in [1.82, 2.24) is 0 Å². The Morgan fingerprint density at radius 3 is 1.79 bits per heavy atom. The molecule has 3 aromatic rings. The van der Waals surface area contributed by atoms with Crippen molar-refractivity contribution in [3.8, 4) is 11.1 Å². The molecule has 0 aliphatic carbocycles. The Bertz CT molecular complexity index is 926. The number of sulfonamides is 1. The first-order valence-corrected chi connectivity index (χ1v) is 9.20. The van der Waals surface area contributed by atoms with Crippen molar-refractivity contribution in [1.29, 1.82) is 0 Å². The van der Waals surface area contributed by atoms with Crippen LogP contribution in [0, 0.1) is 13.8 Å². The molecule has 3 rings (SSSR count). The van der Waals surface area contributed by atoms with Crippen LogP contribution in [0.2, 0.25) is 0 Å². The summed E-state index contributed by atoms with van der Waals surface area (Å²) in [6, 6.07) is 22.5. The third-order valence-corrected chi connectivity index (χ3v) is 5.35. The molecule has 1 N–H and O–H groups in total. The molecule has 0 saturated carbocycles. The quantitative estimate of drug-likeness (QED) is 0.745. The third-order valence-electron chi connectivity index (χ3n) is 3.99. The molecule has 122 valence electrons. The number of rotatable bonds is 4. The molecule has 4 heteroatoms. The third kappa shape index (κ3) is 3.34. The first-order chi connectivity index (χ1) is 11.5. The predicted octanol–water partition coefficient (Wildman–Crippen LogP) is 4.77. The SMILES string of the molecule is Cc1cccc(C)c1NS(=O)(=O)c1ccc(-c2ccccc2)cc1. The Hall–Kier alpha value is -2.59. The van der Waals surface area contributed by atoms with Gasteiger partial charge >= 0.3 is 0 Å². The molecule has 0 heterocycles. The van der Waals surface area contributed by atoms with E-state index in [0.717, 1.165) is 22.3 Å². The van der Waals surface area contributed by atoms with E-state index < -0.39 is 10.0 Å². The molecule has 0 atom stereocenters. The molecule has 0 bridgehead atoms. The molecule has 0 unspecified atom stereocenters. The van der Waals surface area contributed by atoms with Crippen LogP contribution in [0.25, 0.3) is 11.1 Å². The monoisotopic (exact) mass is 337 g/mol. The zero-order valence-corrected chi connectivity index (χ0v) is 14.5. The van der Waals surface area contributed by atoms with E-state index in [1.165, 1.54) is 0 Å². The van der Waals surface area contributed by atoms with Gasteiger partial charge in [0, 0.05) is 0 Å². The summed E-state index contributed by atoms with van der Waals surface area (Å²) in [5, 5.41) is 0. The summed E-state index contributed by atoms with van der Waals surface area (Å²) in [6.45, 7) is 3.78. The van der Waals surface area contributed by atoms with Crippen LogP contribution in [0.15, 0.2) is 77.7 Å². The predicted molar refractivity (Wildman–Crippen MR) is 98.6 cm³/mol.